The molecule has 124 valence electrons. The van der Waals surface area contributed by atoms with Crippen LogP contribution in [0.25, 0.3) is 6.08 Å². The van der Waals surface area contributed by atoms with E-state index in [1.54, 1.807) is 24.3 Å². The van der Waals surface area contributed by atoms with E-state index in [2.05, 4.69) is 11.8 Å². The summed E-state index contributed by atoms with van der Waals surface area (Å²) >= 11 is 5.73. The van der Waals surface area contributed by atoms with E-state index in [0.717, 1.165) is 18.2 Å². The van der Waals surface area contributed by atoms with Crippen molar-refractivity contribution in [3.63, 3.8) is 0 Å². The van der Waals surface area contributed by atoms with E-state index in [4.69, 9.17) is 11.6 Å². The maximum absolute atomic E-state index is 12.9. The molecular weight excluding hydrogens is 344 g/mol. The van der Waals surface area contributed by atoms with E-state index in [9.17, 15) is 22.7 Å². The summed E-state index contributed by atoms with van der Waals surface area (Å²) in [6, 6.07) is 11.0. The highest BCUT2D eigenvalue weighted by atomic mass is 35.5. The van der Waals surface area contributed by atoms with Gasteiger partial charge in [-0.3, -0.25) is 0 Å². The molecule has 2 rings (SSSR count). The molecule has 6 heteroatoms. The topological polar surface area (TPSA) is 20.2 Å². The maximum atomic E-state index is 12.9. The molecule has 1 atom stereocenters. The molecule has 2 aromatic rings. The van der Waals surface area contributed by atoms with Crippen molar-refractivity contribution in [2.45, 2.75) is 12.3 Å². The van der Waals surface area contributed by atoms with Crippen LogP contribution in [-0.4, -0.2) is 17.4 Å². The summed E-state index contributed by atoms with van der Waals surface area (Å²) < 4.78 is 51.3. The number of aliphatic hydroxyl groups excluding tert-OH is 1. The van der Waals surface area contributed by atoms with E-state index in [1.165, 1.54) is 12.1 Å². The summed E-state index contributed by atoms with van der Waals surface area (Å²) in [6.45, 7) is 0. The van der Waals surface area contributed by atoms with Crippen LogP contribution in [0.1, 0.15) is 11.1 Å². The molecule has 0 aliphatic heterocycles. The fourth-order valence-corrected chi connectivity index (χ4v) is 1.90. The van der Waals surface area contributed by atoms with E-state index >= 15 is 0 Å². The summed E-state index contributed by atoms with van der Waals surface area (Å²) in [6.07, 6.45) is -6.52. The van der Waals surface area contributed by atoms with E-state index in [0.29, 0.717) is 16.1 Å². The average Bonchev–Trinajstić information content (AvgIpc) is 2.53. The van der Waals surface area contributed by atoms with Gasteiger partial charge in [-0.2, -0.15) is 13.2 Å². The molecule has 0 aliphatic rings. The van der Waals surface area contributed by atoms with Gasteiger partial charge >= 0.3 is 6.18 Å². The third kappa shape index (κ3) is 5.12. The molecule has 2 aromatic carbocycles. The Balaban J connectivity index is 2.40. The van der Waals surface area contributed by atoms with Crippen molar-refractivity contribution in [3.05, 3.63) is 76.1 Å². The Morgan fingerprint density at radius 1 is 1.04 bits per heavy atom. The number of hydrogen-bond acceptors (Lipinski definition) is 1. The Bertz CT molecular complexity index is 781. The molecule has 0 saturated heterocycles. The van der Waals surface area contributed by atoms with E-state index < -0.39 is 23.7 Å². The van der Waals surface area contributed by atoms with Crippen molar-refractivity contribution in [1.82, 2.24) is 0 Å². The molecule has 0 saturated carbocycles. The minimum Gasteiger partial charge on any atom is -0.379 e. The first-order chi connectivity index (χ1) is 11.3. The molecule has 0 spiro atoms. The predicted molar refractivity (Wildman–Crippen MR) is 84.8 cm³/mol. The Hall–Kier alpha value is -2.29. The van der Waals surface area contributed by atoms with Gasteiger partial charge in [0.2, 0.25) is 0 Å². The highest BCUT2D eigenvalue weighted by molar-refractivity contribution is 6.30. The molecule has 1 N–H and O–H groups in total. The zero-order valence-corrected chi connectivity index (χ0v) is 12.9. The summed E-state index contributed by atoms with van der Waals surface area (Å²) in [4.78, 5) is 0. The molecule has 1 nitrogen and oxygen atoms in total. The monoisotopic (exact) mass is 354 g/mol. The van der Waals surface area contributed by atoms with Crippen LogP contribution in [-0.2, 0) is 0 Å². The third-order valence-corrected chi connectivity index (χ3v) is 3.24. The van der Waals surface area contributed by atoms with Gasteiger partial charge in [0.1, 0.15) is 5.82 Å². The molecule has 0 aromatic heterocycles. The molecule has 0 aliphatic carbocycles. The normalized spacial score (nSPS) is 13.2. The molecule has 1 unspecified atom stereocenters. The van der Waals surface area contributed by atoms with Gasteiger partial charge in [0.05, 0.1) is 0 Å². The average molecular weight is 355 g/mol. The SMILES string of the molecule is OC(/C(C#Cc1ccc(Cl)cc1)=C/c1ccc(F)cc1)C(F)(F)F. The number of hydrogen-bond donors (Lipinski definition) is 1. The third-order valence-electron chi connectivity index (χ3n) is 2.99. The van der Waals surface area contributed by atoms with E-state index in [-0.39, 0.29) is 0 Å². The zero-order valence-electron chi connectivity index (χ0n) is 12.1. The molecule has 0 radical (unpaired) electrons. The smallest absolute Gasteiger partial charge is 0.379 e. The van der Waals surface area contributed by atoms with Crippen molar-refractivity contribution in [2.24, 2.45) is 0 Å². The molecule has 24 heavy (non-hydrogen) atoms. The van der Waals surface area contributed by atoms with Gasteiger partial charge in [-0.25, -0.2) is 4.39 Å². The standard InChI is InChI=1S/C18H11ClF4O/c19-15-7-2-12(3-8-15)1-6-14(17(24)18(21,22)23)11-13-4-9-16(20)10-5-13/h2-5,7-11,17,24H/b14-11+. The Labute approximate surface area is 141 Å². The first kappa shape index (κ1) is 18.1. The minimum atomic E-state index is -4.86. The first-order valence-electron chi connectivity index (χ1n) is 6.75. The van der Waals surface area contributed by atoms with Gasteiger partial charge in [-0.1, -0.05) is 35.6 Å². The Morgan fingerprint density at radius 2 is 1.62 bits per heavy atom. The van der Waals surface area contributed by atoms with Crippen LogP contribution >= 0.6 is 11.6 Å². The number of benzene rings is 2. The van der Waals surface area contributed by atoms with E-state index in [1.807, 2.05) is 0 Å². The number of aliphatic hydroxyl groups is 1. The molecule has 0 heterocycles. The van der Waals surface area contributed by atoms with Crippen LogP contribution < -0.4 is 0 Å². The minimum absolute atomic E-state index is 0.292. The van der Waals surface area contributed by atoms with Crippen LogP contribution in [0.4, 0.5) is 17.6 Å². The summed E-state index contributed by atoms with van der Waals surface area (Å²) in [7, 11) is 0. The van der Waals surface area contributed by atoms with Crippen molar-refractivity contribution < 1.29 is 22.7 Å². The highest BCUT2D eigenvalue weighted by Gasteiger charge is 2.40. The van der Waals surface area contributed by atoms with Gasteiger partial charge in [0.15, 0.2) is 6.10 Å². The summed E-state index contributed by atoms with van der Waals surface area (Å²) in [5.41, 5.74) is 0.197. The summed E-state index contributed by atoms with van der Waals surface area (Å²) in [5, 5.41) is 9.96. The zero-order chi connectivity index (χ0) is 17.7. The van der Waals surface area contributed by atoms with Gasteiger partial charge in [0.25, 0.3) is 0 Å². The quantitative estimate of drug-likeness (QED) is 0.604. The lowest BCUT2D eigenvalue weighted by Gasteiger charge is -2.14. The fourth-order valence-electron chi connectivity index (χ4n) is 1.78. The van der Waals surface area contributed by atoms with Gasteiger partial charge < -0.3 is 5.11 Å². The lowest BCUT2D eigenvalue weighted by Crippen LogP contribution is -2.29. The number of rotatable bonds is 2. The second kappa shape index (κ2) is 7.52. The van der Waals surface area contributed by atoms with Crippen LogP contribution in [0.15, 0.2) is 54.1 Å². The van der Waals surface area contributed by atoms with Gasteiger partial charge in [0, 0.05) is 16.2 Å². The predicted octanol–water partition coefficient (Wildman–Crippen LogP) is 4.84. The maximum Gasteiger partial charge on any atom is 0.419 e. The van der Waals surface area contributed by atoms with Crippen molar-refractivity contribution in [2.75, 3.05) is 0 Å². The van der Waals surface area contributed by atoms with Crippen LogP contribution in [0, 0.1) is 17.7 Å². The van der Waals surface area contributed by atoms with Crippen molar-refractivity contribution in [3.8, 4) is 11.8 Å². The van der Waals surface area contributed by atoms with Gasteiger partial charge in [-0.05, 0) is 48.0 Å². The largest absolute Gasteiger partial charge is 0.419 e. The van der Waals surface area contributed by atoms with Crippen LogP contribution in [0.3, 0.4) is 0 Å². The fraction of sp³-hybridized carbons (Fsp3) is 0.111. The molecule has 0 amide bonds. The van der Waals surface area contributed by atoms with Crippen LogP contribution in [0.5, 0.6) is 0 Å². The summed E-state index contributed by atoms with van der Waals surface area (Å²) in [5.74, 6) is 4.36. The Kier molecular flexibility index (Phi) is 5.66. The lowest BCUT2D eigenvalue weighted by atomic mass is 10.0. The van der Waals surface area contributed by atoms with Crippen LogP contribution in [0.2, 0.25) is 5.02 Å². The highest BCUT2D eigenvalue weighted by Crippen LogP contribution is 2.26. The van der Waals surface area contributed by atoms with Crippen molar-refractivity contribution >= 4 is 17.7 Å². The number of halogens is 5. The number of alkyl halides is 3. The molecule has 0 fully saturated rings. The molecular formula is C18H11ClF4O. The van der Waals surface area contributed by atoms with Crippen molar-refractivity contribution in [1.29, 1.82) is 0 Å². The van der Waals surface area contributed by atoms with Gasteiger partial charge in [-0.15, -0.1) is 0 Å². The second-order valence-corrected chi connectivity index (χ2v) is 5.29. The molecule has 0 bridgehead atoms. The first-order valence-corrected chi connectivity index (χ1v) is 7.13. The second-order valence-electron chi connectivity index (χ2n) is 4.85. The Morgan fingerprint density at radius 3 is 2.17 bits per heavy atom. The lowest BCUT2D eigenvalue weighted by molar-refractivity contribution is -0.189.